The fourth-order valence-electron chi connectivity index (χ4n) is 2.66. The van der Waals surface area contributed by atoms with Crippen molar-refractivity contribution in [3.63, 3.8) is 0 Å². The summed E-state index contributed by atoms with van der Waals surface area (Å²) < 4.78 is 0. The molecule has 0 unspecified atom stereocenters. The number of hydrogen-bond acceptors (Lipinski definition) is 2. The molecule has 1 aliphatic rings. The van der Waals surface area contributed by atoms with E-state index in [-0.39, 0.29) is 0 Å². The third kappa shape index (κ3) is 2.47. The lowest BCUT2D eigenvalue weighted by molar-refractivity contribution is 0.376. The molecule has 0 radical (unpaired) electrons. The molecule has 1 saturated heterocycles. The minimum Gasteiger partial charge on any atom is -0.316 e. The molecule has 1 aromatic heterocycles. The number of aromatic nitrogens is 1. The maximum Gasteiger partial charge on any atom is 0.0702 e. The predicted molar refractivity (Wildman–Crippen MR) is 71.0 cm³/mol. The molecule has 0 amide bonds. The van der Waals surface area contributed by atoms with Crippen LogP contribution in [0.25, 0.3) is 10.9 Å². The van der Waals surface area contributed by atoms with Crippen LogP contribution in [0.4, 0.5) is 0 Å². The van der Waals surface area contributed by atoms with E-state index in [0.717, 1.165) is 24.4 Å². The lowest BCUT2D eigenvalue weighted by Crippen LogP contribution is -2.30. The molecule has 1 aromatic carbocycles. The smallest absolute Gasteiger partial charge is 0.0702 e. The maximum absolute atomic E-state index is 4.53. The van der Waals surface area contributed by atoms with Crippen molar-refractivity contribution < 1.29 is 0 Å². The summed E-state index contributed by atoms with van der Waals surface area (Å²) in [6.07, 6.45) is 5.85. The lowest BCUT2D eigenvalue weighted by atomic mass is 9.92. The predicted octanol–water partition coefficient (Wildman–Crippen LogP) is 2.78. The van der Waals surface area contributed by atoms with Crippen LogP contribution in [0.3, 0.4) is 0 Å². The highest BCUT2D eigenvalue weighted by Gasteiger charge is 2.13. The first-order valence-electron chi connectivity index (χ1n) is 6.46. The standard InChI is InChI=1S/C15H18N2/c1-2-6-15-14(5-1)9-13(11-17-15)8-12-4-3-7-16-10-12/h1-2,5-6,9,11-12,16H,3-4,7-8,10H2/t12-/m1/s1. The molecule has 1 atom stereocenters. The second-order valence-corrected chi connectivity index (χ2v) is 4.95. The van der Waals surface area contributed by atoms with E-state index < -0.39 is 0 Å². The van der Waals surface area contributed by atoms with Gasteiger partial charge in [-0.15, -0.1) is 0 Å². The summed E-state index contributed by atoms with van der Waals surface area (Å²) in [5, 5.41) is 4.73. The van der Waals surface area contributed by atoms with Crippen LogP contribution in [-0.2, 0) is 6.42 Å². The quantitative estimate of drug-likeness (QED) is 0.851. The Morgan fingerprint density at radius 3 is 3.12 bits per heavy atom. The van der Waals surface area contributed by atoms with Gasteiger partial charge in [0.15, 0.2) is 0 Å². The van der Waals surface area contributed by atoms with Gasteiger partial charge >= 0.3 is 0 Å². The number of nitrogens with zero attached hydrogens (tertiary/aromatic N) is 1. The van der Waals surface area contributed by atoms with Crippen LogP contribution in [0, 0.1) is 5.92 Å². The summed E-state index contributed by atoms with van der Waals surface area (Å²) >= 11 is 0. The second-order valence-electron chi connectivity index (χ2n) is 4.95. The van der Waals surface area contributed by atoms with Crippen LogP contribution in [0.15, 0.2) is 36.5 Å². The molecule has 1 N–H and O–H groups in total. The van der Waals surface area contributed by atoms with Crippen LogP contribution < -0.4 is 5.32 Å². The van der Waals surface area contributed by atoms with Gasteiger partial charge < -0.3 is 5.32 Å². The Morgan fingerprint density at radius 2 is 2.24 bits per heavy atom. The van der Waals surface area contributed by atoms with Crippen LogP contribution in [0.5, 0.6) is 0 Å². The average molecular weight is 226 g/mol. The van der Waals surface area contributed by atoms with Gasteiger partial charge in [-0.25, -0.2) is 0 Å². The Bertz CT molecular complexity index is 501. The molecule has 1 aliphatic heterocycles. The summed E-state index contributed by atoms with van der Waals surface area (Å²) in [4.78, 5) is 4.53. The van der Waals surface area contributed by atoms with Crippen LogP contribution in [0.1, 0.15) is 18.4 Å². The first kappa shape index (κ1) is 10.7. The summed E-state index contributed by atoms with van der Waals surface area (Å²) in [6, 6.07) is 10.6. The first-order chi connectivity index (χ1) is 8.42. The summed E-state index contributed by atoms with van der Waals surface area (Å²) in [5.74, 6) is 0.784. The average Bonchev–Trinajstić information content (AvgIpc) is 2.40. The number of fused-ring (bicyclic) bond motifs is 1. The van der Waals surface area contributed by atoms with Crippen molar-refractivity contribution in [3.05, 3.63) is 42.1 Å². The van der Waals surface area contributed by atoms with E-state index in [1.54, 1.807) is 0 Å². The number of para-hydroxylation sites is 1. The van der Waals surface area contributed by atoms with Gasteiger partial charge in [-0.1, -0.05) is 18.2 Å². The molecule has 0 spiro atoms. The number of hydrogen-bond donors (Lipinski definition) is 1. The Labute approximate surface area is 102 Å². The van der Waals surface area contributed by atoms with Gasteiger partial charge in [-0.3, -0.25) is 4.98 Å². The molecule has 2 aromatic rings. The largest absolute Gasteiger partial charge is 0.316 e. The van der Waals surface area contributed by atoms with E-state index in [4.69, 9.17) is 0 Å². The van der Waals surface area contributed by atoms with Crippen LogP contribution >= 0.6 is 0 Å². The molecule has 2 heterocycles. The highest BCUT2D eigenvalue weighted by atomic mass is 14.9. The van der Waals surface area contributed by atoms with Crippen molar-refractivity contribution in [2.24, 2.45) is 5.92 Å². The zero-order valence-corrected chi connectivity index (χ0v) is 10.0. The Hall–Kier alpha value is -1.41. The van der Waals surface area contributed by atoms with E-state index in [1.165, 1.54) is 30.3 Å². The summed E-state index contributed by atoms with van der Waals surface area (Å²) in [7, 11) is 0. The number of piperidine rings is 1. The summed E-state index contributed by atoms with van der Waals surface area (Å²) in [5.41, 5.74) is 2.47. The molecule has 3 rings (SSSR count). The fraction of sp³-hybridized carbons (Fsp3) is 0.400. The van der Waals surface area contributed by atoms with E-state index in [0.29, 0.717) is 0 Å². The SMILES string of the molecule is c1ccc2ncc(C[C@H]3CCCNC3)cc2c1. The number of nitrogens with one attached hydrogen (secondary N) is 1. The Kier molecular flexibility index (Phi) is 3.06. The molecule has 1 fully saturated rings. The van der Waals surface area contributed by atoms with Crippen molar-refractivity contribution in [1.82, 2.24) is 10.3 Å². The fourth-order valence-corrected chi connectivity index (χ4v) is 2.66. The molecular formula is C15H18N2. The zero-order chi connectivity index (χ0) is 11.5. The Morgan fingerprint density at radius 1 is 1.29 bits per heavy atom. The minimum absolute atomic E-state index is 0.784. The van der Waals surface area contributed by atoms with E-state index in [2.05, 4.69) is 34.6 Å². The van der Waals surface area contributed by atoms with E-state index in [1.807, 2.05) is 12.3 Å². The molecule has 88 valence electrons. The normalized spacial score (nSPS) is 20.6. The molecule has 2 heteroatoms. The van der Waals surface area contributed by atoms with Crippen molar-refractivity contribution >= 4 is 10.9 Å². The van der Waals surface area contributed by atoms with E-state index in [9.17, 15) is 0 Å². The van der Waals surface area contributed by atoms with Gasteiger partial charge in [-0.2, -0.15) is 0 Å². The van der Waals surface area contributed by atoms with Gasteiger partial charge in [0, 0.05) is 11.6 Å². The number of pyridine rings is 1. The lowest BCUT2D eigenvalue weighted by Gasteiger charge is -2.22. The summed E-state index contributed by atoms with van der Waals surface area (Å²) in [6.45, 7) is 2.35. The van der Waals surface area contributed by atoms with E-state index >= 15 is 0 Å². The molecule has 17 heavy (non-hydrogen) atoms. The van der Waals surface area contributed by atoms with Crippen LogP contribution in [-0.4, -0.2) is 18.1 Å². The highest BCUT2D eigenvalue weighted by molar-refractivity contribution is 5.78. The zero-order valence-electron chi connectivity index (χ0n) is 10.0. The third-order valence-corrected chi connectivity index (χ3v) is 3.57. The topological polar surface area (TPSA) is 24.9 Å². The van der Waals surface area contributed by atoms with Gasteiger partial charge in [0.1, 0.15) is 0 Å². The molecular weight excluding hydrogens is 208 g/mol. The van der Waals surface area contributed by atoms with Crippen molar-refractivity contribution in [2.45, 2.75) is 19.3 Å². The Balaban J connectivity index is 1.80. The van der Waals surface area contributed by atoms with Crippen molar-refractivity contribution in [2.75, 3.05) is 13.1 Å². The van der Waals surface area contributed by atoms with Crippen molar-refractivity contribution in [1.29, 1.82) is 0 Å². The molecule has 0 saturated carbocycles. The molecule has 0 aliphatic carbocycles. The third-order valence-electron chi connectivity index (χ3n) is 3.57. The van der Waals surface area contributed by atoms with Gasteiger partial charge in [-0.05, 0) is 56.0 Å². The van der Waals surface area contributed by atoms with Crippen LogP contribution in [0.2, 0.25) is 0 Å². The molecule has 0 bridgehead atoms. The maximum atomic E-state index is 4.53. The number of benzene rings is 1. The number of rotatable bonds is 2. The first-order valence-corrected chi connectivity index (χ1v) is 6.46. The van der Waals surface area contributed by atoms with Crippen molar-refractivity contribution in [3.8, 4) is 0 Å². The van der Waals surface area contributed by atoms with Gasteiger partial charge in [0.2, 0.25) is 0 Å². The molecule has 2 nitrogen and oxygen atoms in total. The highest BCUT2D eigenvalue weighted by Crippen LogP contribution is 2.19. The monoisotopic (exact) mass is 226 g/mol. The van der Waals surface area contributed by atoms with Gasteiger partial charge in [0.05, 0.1) is 5.52 Å². The van der Waals surface area contributed by atoms with Gasteiger partial charge in [0.25, 0.3) is 0 Å². The second kappa shape index (κ2) is 4.84. The minimum atomic E-state index is 0.784.